The van der Waals surface area contributed by atoms with E-state index in [9.17, 15) is 9.59 Å². The number of rotatable bonds is 6. The van der Waals surface area contributed by atoms with Gasteiger partial charge in [-0.3, -0.25) is 14.3 Å². The Bertz CT molecular complexity index is 759. The predicted octanol–water partition coefficient (Wildman–Crippen LogP) is 1.59. The fourth-order valence-corrected chi connectivity index (χ4v) is 2.90. The third-order valence-corrected chi connectivity index (χ3v) is 4.28. The highest BCUT2D eigenvalue weighted by atomic mass is 16.5. The van der Waals surface area contributed by atoms with E-state index in [1.165, 1.54) is 6.92 Å². The molecule has 1 unspecified atom stereocenters. The Labute approximate surface area is 146 Å². The van der Waals surface area contributed by atoms with E-state index in [2.05, 4.69) is 10.4 Å². The maximum absolute atomic E-state index is 12.8. The first-order valence-corrected chi connectivity index (χ1v) is 8.42. The number of hydrogen-bond acceptors (Lipinski definition) is 4. The van der Waals surface area contributed by atoms with Crippen molar-refractivity contribution < 1.29 is 14.3 Å². The molecule has 2 aromatic rings. The van der Waals surface area contributed by atoms with Gasteiger partial charge in [-0.25, -0.2) is 0 Å². The van der Waals surface area contributed by atoms with Gasteiger partial charge in [0, 0.05) is 32.0 Å². The highest BCUT2D eigenvalue weighted by Gasteiger charge is 2.50. The summed E-state index contributed by atoms with van der Waals surface area (Å²) >= 11 is 0. The number of fused-ring (bicyclic) bond motifs is 1. The van der Waals surface area contributed by atoms with E-state index in [0.29, 0.717) is 37.5 Å². The molecule has 0 aliphatic carbocycles. The number of nitrogens with zero attached hydrogens (tertiary/aromatic N) is 3. The molecule has 132 valence electrons. The van der Waals surface area contributed by atoms with Crippen LogP contribution in [0.4, 0.5) is 5.69 Å². The number of ether oxygens (including phenoxy) is 1. The van der Waals surface area contributed by atoms with Gasteiger partial charge in [-0.15, -0.1) is 0 Å². The Morgan fingerprint density at radius 1 is 1.32 bits per heavy atom. The third-order valence-electron chi connectivity index (χ3n) is 4.28. The Hall–Kier alpha value is -2.83. The van der Waals surface area contributed by atoms with E-state index in [-0.39, 0.29) is 5.91 Å². The zero-order valence-corrected chi connectivity index (χ0v) is 14.4. The van der Waals surface area contributed by atoms with Crippen molar-refractivity contribution in [2.75, 3.05) is 18.0 Å². The van der Waals surface area contributed by atoms with Gasteiger partial charge >= 0.3 is 0 Å². The van der Waals surface area contributed by atoms with Crippen LogP contribution in [0.1, 0.15) is 20.3 Å². The molecule has 2 amide bonds. The first-order valence-electron chi connectivity index (χ1n) is 8.42. The number of anilines is 1. The fraction of sp³-hybridized carbons (Fsp3) is 0.389. The molecule has 1 aromatic carbocycles. The van der Waals surface area contributed by atoms with Gasteiger partial charge in [0.2, 0.25) is 0 Å². The Kier molecular flexibility index (Phi) is 4.74. The highest BCUT2D eigenvalue weighted by molar-refractivity contribution is 6.16. The molecule has 0 spiro atoms. The summed E-state index contributed by atoms with van der Waals surface area (Å²) in [5, 5.41) is 6.92. The number of carbonyl (C=O) groups excluding carboxylic acids is 2. The van der Waals surface area contributed by atoms with Crippen LogP contribution in [0.15, 0.2) is 42.7 Å². The molecule has 7 heteroatoms. The van der Waals surface area contributed by atoms with Crippen molar-refractivity contribution in [3.05, 3.63) is 42.7 Å². The van der Waals surface area contributed by atoms with Crippen LogP contribution in [0, 0.1) is 0 Å². The van der Waals surface area contributed by atoms with Gasteiger partial charge in [0.05, 0.1) is 5.69 Å². The van der Waals surface area contributed by atoms with Crippen molar-refractivity contribution in [2.45, 2.75) is 32.4 Å². The molecule has 1 aliphatic rings. The molecule has 0 saturated carbocycles. The average Bonchev–Trinajstić information content (AvgIpc) is 3.13. The molecule has 2 heterocycles. The van der Waals surface area contributed by atoms with Crippen LogP contribution in [0.5, 0.6) is 5.75 Å². The van der Waals surface area contributed by atoms with Gasteiger partial charge in [-0.05, 0) is 38.5 Å². The van der Waals surface area contributed by atoms with Crippen molar-refractivity contribution in [3.8, 4) is 5.75 Å². The van der Waals surface area contributed by atoms with Crippen LogP contribution < -0.4 is 15.0 Å². The second-order valence-corrected chi connectivity index (χ2v) is 6.03. The van der Waals surface area contributed by atoms with Crippen molar-refractivity contribution in [2.24, 2.45) is 0 Å². The second kappa shape index (κ2) is 6.96. The van der Waals surface area contributed by atoms with Crippen LogP contribution in [-0.2, 0) is 16.1 Å². The van der Waals surface area contributed by atoms with Gasteiger partial charge in [0.1, 0.15) is 5.75 Å². The van der Waals surface area contributed by atoms with Gasteiger partial charge < -0.3 is 15.0 Å². The lowest BCUT2D eigenvalue weighted by molar-refractivity contribution is -0.148. The number of hydrogen-bond donors (Lipinski definition) is 1. The standard InChI is InChI=1S/C18H22N4O3/c1-3-22-14-8-4-5-9-15(14)25-18(2,17(22)24)16(23)19-10-6-12-21-13-7-11-20-21/h4-5,7-9,11,13H,3,6,10,12H2,1-2H3,(H,19,23). The number of para-hydroxylation sites is 2. The zero-order chi connectivity index (χ0) is 17.9. The summed E-state index contributed by atoms with van der Waals surface area (Å²) in [6, 6.07) is 9.11. The Balaban J connectivity index is 1.67. The van der Waals surface area contributed by atoms with Crippen LogP contribution in [0.2, 0.25) is 0 Å². The number of amides is 2. The quantitative estimate of drug-likeness (QED) is 0.639. The average molecular weight is 342 g/mol. The molecule has 25 heavy (non-hydrogen) atoms. The largest absolute Gasteiger partial charge is 0.466 e. The van der Waals surface area contributed by atoms with Crippen molar-refractivity contribution in [3.63, 3.8) is 0 Å². The van der Waals surface area contributed by atoms with E-state index in [0.717, 1.165) is 0 Å². The molecule has 0 fully saturated rings. The molecule has 0 bridgehead atoms. The van der Waals surface area contributed by atoms with E-state index >= 15 is 0 Å². The number of likely N-dealkylation sites (N-methyl/N-ethyl adjacent to an activating group) is 1. The van der Waals surface area contributed by atoms with Crippen LogP contribution >= 0.6 is 0 Å². The summed E-state index contributed by atoms with van der Waals surface area (Å²) in [4.78, 5) is 27.1. The topological polar surface area (TPSA) is 76.5 Å². The normalized spacial score (nSPS) is 19.3. The number of nitrogens with one attached hydrogen (secondary N) is 1. The van der Waals surface area contributed by atoms with Gasteiger partial charge in [-0.1, -0.05) is 12.1 Å². The van der Waals surface area contributed by atoms with Crippen molar-refractivity contribution in [1.82, 2.24) is 15.1 Å². The van der Waals surface area contributed by atoms with Crippen molar-refractivity contribution >= 4 is 17.5 Å². The maximum Gasteiger partial charge on any atom is 0.280 e. The third kappa shape index (κ3) is 3.22. The predicted molar refractivity (Wildman–Crippen MR) is 93.4 cm³/mol. The molecule has 3 rings (SSSR count). The number of aromatic nitrogens is 2. The molecule has 1 atom stereocenters. The highest BCUT2D eigenvalue weighted by Crippen LogP contribution is 2.37. The van der Waals surface area contributed by atoms with E-state index in [4.69, 9.17) is 4.74 Å². The molecular formula is C18H22N4O3. The number of carbonyl (C=O) groups is 2. The van der Waals surface area contributed by atoms with Gasteiger partial charge in [0.15, 0.2) is 0 Å². The summed E-state index contributed by atoms with van der Waals surface area (Å²) in [6.45, 7) is 5.02. The van der Waals surface area contributed by atoms with Gasteiger partial charge in [0.25, 0.3) is 17.4 Å². The van der Waals surface area contributed by atoms with Crippen LogP contribution in [0.3, 0.4) is 0 Å². The maximum atomic E-state index is 12.8. The molecule has 0 saturated heterocycles. The summed E-state index contributed by atoms with van der Waals surface area (Å²) in [5.41, 5.74) is -0.866. The lowest BCUT2D eigenvalue weighted by atomic mass is 10.00. The number of benzene rings is 1. The number of aryl methyl sites for hydroxylation is 1. The minimum atomic E-state index is -1.56. The zero-order valence-electron chi connectivity index (χ0n) is 14.4. The van der Waals surface area contributed by atoms with Crippen LogP contribution in [-0.4, -0.2) is 40.3 Å². The Morgan fingerprint density at radius 2 is 2.12 bits per heavy atom. The minimum Gasteiger partial charge on any atom is -0.466 e. The first kappa shape index (κ1) is 17.0. The summed E-state index contributed by atoms with van der Waals surface area (Å²) in [6.07, 6.45) is 4.30. The molecule has 1 aromatic heterocycles. The SMILES string of the molecule is CCN1C(=O)C(C)(C(=O)NCCCn2cccn2)Oc2ccccc21. The fourth-order valence-electron chi connectivity index (χ4n) is 2.90. The molecule has 1 N–H and O–H groups in total. The first-order chi connectivity index (χ1) is 12.1. The van der Waals surface area contributed by atoms with E-state index in [1.807, 2.05) is 37.4 Å². The summed E-state index contributed by atoms with van der Waals surface area (Å²) < 4.78 is 7.60. The smallest absolute Gasteiger partial charge is 0.280 e. The lowest BCUT2D eigenvalue weighted by Crippen LogP contribution is -2.62. The molecule has 1 aliphatic heterocycles. The van der Waals surface area contributed by atoms with Crippen LogP contribution in [0.25, 0.3) is 0 Å². The second-order valence-electron chi connectivity index (χ2n) is 6.03. The summed E-state index contributed by atoms with van der Waals surface area (Å²) in [5.74, 6) is -0.234. The van der Waals surface area contributed by atoms with E-state index in [1.54, 1.807) is 21.8 Å². The molecule has 0 radical (unpaired) electrons. The minimum absolute atomic E-state index is 0.349. The lowest BCUT2D eigenvalue weighted by Gasteiger charge is -2.39. The summed E-state index contributed by atoms with van der Waals surface area (Å²) in [7, 11) is 0. The molecule has 7 nitrogen and oxygen atoms in total. The monoisotopic (exact) mass is 342 g/mol. The Morgan fingerprint density at radius 3 is 2.84 bits per heavy atom. The molecular weight excluding hydrogens is 320 g/mol. The van der Waals surface area contributed by atoms with E-state index < -0.39 is 11.5 Å². The van der Waals surface area contributed by atoms with Gasteiger partial charge in [-0.2, -0.15) is 5.10 Å². The van der Waals surface area contributed by atoms with Crippen molar-refractivity contribution in [1.29, 1.82) is 0 Å².